The van der Waals surface area contributed by atoms with Crippen LogP contribution in [-0.4, -0.2) is 30.1 Å². The first-order chi connectivity index (χ1) is 9.27. The van der Waals surface area contributed by atoms with Crippen LogP contribution in [0.3, 0.4) is 0 Å². The van der Waals surface area contributed by atoms with Crippen LogP contribution in [0.5, 0.6) is 0 Å². The van der Waals surface area contributed by atoms with E-state index >= 15 is 0 Å². The summed E-state index contributed by atoms with van der Waals surface area (Å²) < 4.78 is 31.1. The second-order valence-corrected chi connectivity index (χ2v) is 3.85. The van der Waals surface area contributed by atoms with Gasteiger partial charge in [0.2, 0.25) is 5.91 Å². The van der Waals surface area contributed by atoms with Gasteiger partial charge in [-0.25, -0.2) is 13.6 Å². The number of halogens is 2. The van der Waals surface area contributed by atoms with Gasteiger partial charge in [0.15, 0.2) is 0 Å². The van der Waals surface area contributed by atoms with E-state index < -0.39 is 46.6 Å². The molecule has 0 aliphatic rings. The summed E-state index contributed by atoms with van der Waals surface area (Å²) in [5.41, 5.74) is -1.09. The van der Waals surface area contributed by atoms with E-state index in [-0.39, 0.29) is 0 Å². The number of nitrogens with one attached hydrogen (secondary N) is 1. The zero-order chi connectivity index (χ0) is 15.4. The monoisotopic (exact) mass is 287 g/mol. The van der Waals surface area contributed by atoms with Gasteiger partial charge in [0.1, 0.15) is 17.6 Å². The maximum absolute atomic E-state index is 13.5. The number of anilines is 1. The SMILES string of the molecule is COC(=O)c1cc(NC(=O)C(C)C(=O)O)c(F)cc1F. The summed E-state index contributed by atoms with van der Waals surface area (Å²) in [4.78, 5) is 33.3. The molecule has 0 bridgehead atoms. The van der Waals surface area contributed by atoms with E-state index in [2.05, 4.69) is 4.74 Å². The Morgan fingerprint density at radius 3 is 2.35 bits per heavy atom. The fourth-order valence-electron chi connectivity index (χ4n) is 1.26. The summed E-state index contributed by atoms with van der Waals surface area (Å²) in [5, 5.41) is 10.6. The molecule has 0 radical (unpaired) electrons. The van der Waals surface area contributed by atoms with Crippen LogP contribution in [0.1, 0.15) is 17.3 Å². The molecule has 8 heteroatoms. The third-order valence-electron chi connectivity index (χ3n) is 2.48. The Morgan fingerprint density at radius 2 is 1.85 bits per heavy atom. The van der Waals surface area contributed by atoms with Gasteiger partial charge < -0.3 is 15.2 Å². The summed E-state index contributed by atoms with van der Waals surface area (Å²) in [5.74, 6) is -7.18. The summed E-state index contributed by atoms with van der Waals surface area (Å²) >= 11 is 0. The fraction of sp³-hybridized carbons (Fsp3) is 0.250. The van der Waals surface area contributed by atoms with Crippen molar-refractivity contribution in [3.8, 4) is 0 Å². The molecule has 6 nitrogen and oxygen atoms in total. The molecular formula is C12H11F2NO5. The van der Waals surface area contributed by atoms with Crippen molar-refractivity contribution in [2.45, 2.75) is 6.92 Å². The highest BCUT2D eigenvalue weighted by atomic mass is 19.1. The van der Waals surface area contributed by atoms with Crippen LogP contribution in [0.4, 0.5) is 14.5 Å². The van der Waals surface area contributed by atoms with Crippen LogP contribution in [-0.2, 0) is 14.3 Å². The van der Waals surface area contributed by atoms with E-state index in [4.69, 9.17) is 5.11 Å². The number of benzene rings is 1. The molecule has 0 heterocycles. The van der Waals surface area contributed by atoms with Crippen molar-refractivity contribution in [3.05, 3.63) is 29.3 Å². The lowest BCUT2D eigenvalue weighted by Gasteiger charge is -2.11. The molecule has 1 aromatic rings. The van der Waals surface area contributed by atoms with Crippen LogP contribution in [0.15, 0.2) is 12.1 Å². The number of aliphatic carboxylic acids is 1. The lowest BCUT2D eigenvalue weighted by molar-refractivity contribution is -0.144. The van der Waals surface area contributed by atoms with Crippen LogP contribution in [0.25, 0.3) is 0 Å². The van der Waals surface area contributed by atoms with Gasteiger partial charge in [0.05, 0.1) is 18.4 Å². The smallest absolute Gasteiger partial charge is 0.340 e. The predicted molar refractivity (Wildman–Crippen MR) is 63.1 cm³/mol. The summed E-state index contributed by atoms with van der Waals surface area (Å²) in [6, 6.07) is 1.14. The van der Waals surface area contributed by atoms with Crippen molar-refractivity contribution >= 4 is 23.5 Å². The van der Waals surface area contributed by atoms with E-state index in [9.17, 15) is 23.2 Å². The first kappa shape index (κ1) is 15.5. The number of carbonyl (C=O) groups excluding carboxylic acids is 2. The van der Waals surface area contributed by atoms with Crippen molar-refractivity contribution in [3.63, 3.8) is 0 Å². The minimum atomic E-state index is -1.43. The molecule has 20 heavy (non-hydrogen) atoms. The maximum atomic E-state index is 13.5. The van der Waals surface area contributed by atoms with Crippen LogP contribution >= 0.6 is 0 Å². The lowest BCUT2D eigenvalue weighted by atomic mass is 10.1. The molecule has 1 unspecified atom stereocenters. The van der Waals surface area contributed by atoms with Crippen molar-refractivity contribution < 1.29 is 33.0 Å². The molecule has 0 aromatic heterocycles. The molecule has 0 aliphatic heterocycles. The van der Waals surface area contributed by atoms with Gasteiger partial charge in [-0.3, -0.25) is 9.59 Å². The van der Waals surface area contributed by atoms with Crippen LogP contribution < -0.4 is 5.32 Å². The number of carboxylic acid groups (broad SMARTS) is 1. The predicted octanol–water partition coefficient (Wildman–Crippen LogP) is 1.41. The third kappa shape index (κ3) is 3.28. The first-order valence-electron chi connectivity index (χ1n) is 5.39. The average Bonchev–Trinajstić information content (AvgIpc) is 2.39. The Morgan fingerprint density at radius 1 is 1.25 bits per heavy atom. The van der Waals surface area contributed by atoms with E-state index in [0.29, 0.717) is 6.07 Å². The maximum Gasteiger partial charge on any atom is 0.340 e. The Kier molecular flexibility index (Phi) is 4.73. The largest absolute Gasteiger partial charge is 0.481 e. The Bertz CT molecular complexity index is 573. The molecular weight excluding hydrogens is 276 g/mol. The van der Waals surface area contributed by atoms with Gasteiger partial charge in [-0.15, -0.1) is 0 Å². The minimum Gasteiger partial charge on any atom is -0.481 e. The fourth-order valence-corrected chi connectivity index (χ4v) is 1.26. The van der Waals surface area contributed by atoms with Crippen molar-refractivity contribution in [2.75, 3.05) is 12.4 Å². The average molecular weight is 287 g/mol. The number of hydrogen-bond donors (Lipinski definition) is 2. The second kappa shape index (κ2) is 6.09. The van der Waals surface area contributed by atoms with E-state index in [1.807, 2.05) is 5.32 Å². The lowest BCUT2D eigenvalue weighted by Crippen LogP contribution is -2.27. The van der Waals surface area contributed by atoms with Crippen molar-refractivity contribution in [1.29, 1.82) is 0 Å². The number of carboxylic acids is 1. The highest BCUT2D eigenvalue weighted by molar-refractivity contribution is 6.04. The molecule has 2 N–H and O–H groups in total. The summed E-state index contributed by atoms with van der Waals surface area (Å²) in [6.07, 6.45) is 0. The summed E-state index contributed by atoms with van der Waals surface area (Å²) in [6.45, 7) is 1.10. The standard InChI is InChI=1S/C12H11F2NO5/c1-5(11(17)18)10(16)15-9-3-6(12(19)20-2)7(13)4-8(9)14/h3-5H,1-2H3,(H,15,16)(H,17,18). The van der Waals surface area contributed by atoms with Gasteiger partial charge >= 0.3 is 11.9 Å². The van der Waals surface area contributed by atoms with Crippen molar-refractivity contribution in [2.24, 2.45) is 5.92 Å². The highest BCUT2D eigenvalue weighted by Gasteiger charge is 2.23. The molecule has 1 atom stereocenters. The normalized spacial score (nSPS) is 11.6. The van der Waals surface area contributed by atoms with Gasteiger partial charge in [0.25, 0.3) is 0 Å². The third-order valence-corrected chi connectivity index (χ3v) is 2.48. The molecule has 108 valence electrons. The number of methoxy groups -OCH3 is 1. The quantitative estimate of drug-likeness (QED) is 0.645. The highest BCUT2D eigenvalue weighted by Crippen LogP contribution is 2.21. The van der Waals surface area contributed by atoms with E-state index in [0.717, 1.165) is 20.1 Å². The number of rotatable bonds is 4. The topological polar surface area (TPSA) is 92.7 Å². The van der Waals surface area contributed by atoms with Crippen molar-refractivity contribution in [1.82, 2.24) is 0 Å². The number of ether oxygens (including phenoxy) is 1. The number of carbonyl (C=O) groups is 3. The Hall–Kier alpha value is -2.51. The van der Waals surface area contributed by atoms with Gasteiger partial charge in [-0.2, -0.15) is 0 Å². The molecule has 0 spiro atoms. The summed E-state index contributed by atoms with van der Waals surface area (Å²) in [7, 11) is 1.01. The first-order valence-corrected chi connectivity index (χ1v) is 5.39. The number of hydrogen-bond acceptors (Lipinski definition) is 4. The minimum absolute atomic E-state index is 0.396. The van der Waals surface area contributed by atoms with Gasteiger partial charge in [-0.05, 0) is 13.0 Å². The van der Waals surface area contributed by atoms with Crippen LogP contribution in [0.2, 0.25) is 0 Å². The molecule has 1 aromatic carbocycles. The van der Waals surface area contributed by atoms with E-state index in [1.165, 1.54) is 0 Å². The number of amides is 1. The molecule has 0 saturated carbocycles. The Balaban J connectivity index is 3.10. The molecule has 1 rings (SSSR count). The Labute approximate surface area is 112 Å². The zero-order valence-electron chi connectivity index (χ0n) is 10.6. The van der Waals surface area contributed by atoms with Gasteiger partial charge in [0, 0.05) is 6.07 Å². The molecule has 0 aliphatic carbocycles. The van der Waals surface area contributed by atoms with E-state index in [1.54, 1.807) is 0 Å². The van der Waals surface area contributed by atoms with Gasteiger partial charge in [-0.1, -0.05) is 0 Å². The second-order valence-electron chi connectivity index (χ2n) is 3.85. The number of esters is 1. The molecule has 0 fully saturated rings. The zero-order valence-corrected chi connectivity index (χ0v) is 10.6. The molecule has 0 saturated heterocycles. The van der Waals surface area contributed by atoms with Crippen LogP contribution in [0, 0.1) is 17.6 Å². The molecule has 1 amide bonds.